The molecule has 4 heteroatoms. The molecule has 0 aliphatic carbocycles. The molecule has 0 aliphatic heterocycles. The summed E-state index contributed by atoms with van der Waals surface area (Å²) < 4.78 is 17.6. The van der Waals surface area contributed by atoms with Gasteiger partial charge in [0.2, 0.25) is 0 Å². The fourth-order valence-electron chi connectivity index (χ4n) is 0.101. The Morgan fingerprint density at radius 1 is 1.83 bits per heavy atom. The van der Waals surface area contributed by atoms with Crippen molar-refractivity contribution in [2.45, 2.75) is 0 Å². The molecule has 3 nitrogen and oxygen atoms in total. The highest BCUT2D eigenvalue weighted by Crippen LogP contribution is 1.64. The largest absolute Gasteiger partial charge is 0.329 e. The molecular formula is C2H7NO2S. The van der Waals surface area contributed by atoms with Gasteiger partial charge in [0.15, 0.2) is 11.1 Å². The van der Waals surface area contributed by atoms with Crippen LogP contribution in [0.5, 0.6) is 0 Å². The minimum Gasteiger partial charge on any atom is -0.329 e. The van der Waals surface area contributed by atoms with E-state index >= 15 is 0 Å². The Bertz CT molecular complexity index is 55.5. The molecule has 0 aliphatic rings. The first-order valence-electron chi connectivity index (χ1n) is 1.55. The van der Waals surface area contributed by atoms with Crippen molar-refractivity contribution >= 4 is 11.1 Å². The Morgan fingerprint density at radius 2 is 2.33 bits per heavy atom. The average Bonchev–Trinajstić information content (AvgIpc) is 1.35. The van der Waals surface area contributed by atoms with Crippen molar-refractivity contribution in [1.29, 1.82) is 0 Å². The summed E-state index contributed by atoms with van der Waals surface area (Å²) in [6.07, 6.45) is 0. The summed E-state index contributed by atoms with van der Waals surface area (Å²) in [5.74, 6) is 0.181. The van der Waals surface area contributed by atoms with Crippen molar-refractivity contribution < 1.29 is 8.76 Å². The molecule has 0 fully saturated rings. The molecule has 0 saturated heterocycles. The second kappa shape index (κ2) is 3.27. The molecule has 0 heterocycles. The van der Waals surface area contributed by atoms with Crippen LogP contribution in [0.3, 0.4) is 0 Å². The lowest BCUT2D eigenvalue weighted by Gasteiger charge is -1.82. The second-order valence-electron chi connectivity index (χ2n) is 0.814. The van der Waals surface area contributed by atoms with Gasteiger partial charge in [0.05, 0.1) is 5.75 Å². The lowest BCUT2D eigenvalue weighted by molar-refractivity contribution is 0.564. The van der Waals surface area contributed by atoms with Gasteiger partial charge in [0.25, 0.3) is 0 Å². The van der Waals surface area contributed by atoms with Crippen molar-refractivity contribution in [2.24, 2.45) is 5.73 Å². The van der Waals surface area contributed by atoms with Crippen molar-refractivity contribution in [1.82, 2.24) is 0 Å². The molecule has 6 heavy (non-hydrogen) atoms. The summed E-state index contributed by atoms with van der Waals surface area (Å²) in [5, 5.41) is 0. The van der Waals surface area contributed by atoms with Gasteiger partial charge in [0.1, 0.15) is 0 Å². The van der Waals surface area contributed by atoms with E-state index < -0.39 is 11.1 Å². The van der Waals surface area contributed by atoms with E-state index in [1.807, 2.05) is 0 Å². The molecule has 0 rings (SSSR count). The molecular weight excluding hydrogens is 105 g/mol. The predicted octanol–water partition coefficient (Wildman–Crippen LogP) is -0.833. The first-order chi connectivity index (χ1) is 2.77. The predicted molar refractivity (Wildman–Crippen MR) is 24.7 cm³/mol. The van der Waals surface area contributed by atoms with Crippen molar-refractivity contribution in [3.8, 4) is 0 Å². The van der Waals surface area contributed by atoms with Gasteiger partial charge in [0, 0.05) is 6.54 Å². The number of hydrogen-bond acceptors (Lipinski definition) is 2. The minimum atomic E-state index is -1.69. The lowest BCUT2D eigenvalue weighted by Crippen LogP contribution is -2.08. The van der Waals surface area contributed by atoms with Crippen LogP contribution in [0.2, 0.25) is 0 Å². The molecule has 0 spiro atoms. The van der Waals surface area contributed by atoms with E-state index in [1.165, 1.54) is 0 Å². The molecule has 0 amide bonds. The Labute approximate surface area is 38.8 Å². The van der Waals surface area contributed by atoms with E-state index in [1.54, 1.807) is 0 Å². The number of hydrogen-bond donors (Lipinski definition) is 2. The van der Waals surface area contributed by atoms with E-state index in [0.717, 1.165) is 0 Å². The number of rotatable bonds is 2. The van der Waals surface area contributed by atoms with Crippen LogP contribution in [0.15, 0.2) is 0 Å². The maximum atomic E-state index is 9.63. The van der Waals surface area contributed by atoms with E-state index in [9.17, 15) is 4.21 Å². The van der Waals surface area contributed by atoms with Crippen LogP contribution in [0.1, 0.15) is 0 Å². The Balaban J connectivity index is 2.83. The zero-order valence-electron chi connectivity index (χ0n) is 3.26. The molecule has 0 saturated carbocycles. The molecule has 38 valence electrons. The first kappa shape index (κ1) is 6.07. The van der Waals surface area contributed by atoms with Crippen LogP contribution in [0, 0.1) is 0 Å². The third-order valence-electron chi connectivity index (χ3n) is 0.292. The minimum absolute atomic E-state index is 0.181. The highest BCUT2D eigenvalue weighted by atomic mass is 35.1. The van der Waals surface area contributed by atoms with Crippen molar-refractivity contribution in [3.05, 3.63) is 0 Å². The van der Waals surface area contributed by atoms with E-state index in [2.05, 4.69) is 0 Å². The van der Waals surface area contributed by atoms with Gasteiger partial charge >= 0.3 is 0 Å². The third-order valence-corrected chi connectivity index (χ3v) is 0.877. The van der Waals surface area contributed by atoms with Crippen LogP contribution in [0.25, 0.3) is 0 Å². The van der Waals surface area contributed by atoms with E-state index in [4.69, 9.17) is 10.3 Å². The topological polar surface area (TPSA) is 63.3 Å². The highest BCUT2D eigenvalue weighted by Gasteiger charge is 1.83. The van der Waals surface area contributed by atoms with Crippen LogP contribution < -0.4 is 5.73 Å². The average molecular weight is 112 g/mol. The fourth-order valence-corrected chi connectivity index (χ4v) is 0.302. The number of nitrogens with two attached hydrogens (primary N) is 1. The molecule has 0 aromatic heterocycles. The highest BCUT2D eigenvalue weighted by molar-refractivity contribution is 7.79. The molecule has 0 aromatic carbocycles. The molecule has 0 aromatic rings. The summed E-state index contributed by atoms with van der Waals surface area (Å²) >= 11 is -1.69. The zero-order valence-corrected chi connectivity index (χ0v) is 4.07. The second-order valence-corrected chi connectivity index (χ2v) is 1.87. The zero-order chi connectivity index (χ0) is 4.99. The monoisotopic (exact) mass is 112 g/mol. The molecule has 0 bridgehead atoms. The quantitative estimate of drug-likeness (QED) is 0.458. The van der Waals surface area contributed by atoms with E-state index in [-0.39, 0.29) is 12.3 Å². The molecule has 1 atom stereocenters. The molecule has 1 unspecified atom stereocenters. The Kier molecular flexibility index (Phi) is 3.31. The van der Waals surface area contributed by atoms with Crippen molar-refractivity contribution in [2.75, 3.05) is 12.3 Å². The normalized spacial score (nSPS) is 14.3. The van der Waals surface area contributed by atoms with Crippen molar-refractivity contribution in [3.63, 3.8) is 0 Å². The van der Waals surface area contributed by atoms with Crippen LogP contribution in [-0.2, 0) is 11.1 Å². The van der Waals surface area contributed by atoms with Crippen LogP contribution in [-0.4, -0.2) is 21.1 Å². The van der Waals surface area contributed by atoms with Gasteiger partial charge in [-0.2, -0.15) is 0 Å². The maximum absolute atomic E-state index is 9.63. The standard InChI is InChI=1S/C2H7NO2S/c3-1-2-6(4)5/h1-3H2,(H,4,5)/i6+3. The molecule has 3 N–H and O–H groups in total. The van der Waals surface area contributed by atoms with E-state index in [0.29, 0.717) is 0 Å². The van der Waals surface area contributed by atoms with Gasteiger partial charge < -0.3 is 10.3 Å². The van der Waals surface area contributed by atoms with Gasteiger partial charge in [-0.1, -0.05) is 0 Å². The van der Waals surface area contributed by atoms with Gasteiger partial charge in [-0.05, 0) is 0 Å². The fraction of sp³-hybridized carbons (Fsp3) is 1.00. The Morgan fingerprint density at radius 3 is 2.33 bits per heavy atom. The summed E-state index contributed by atoms with van der Waals surface area (Å²) in [5.41, 5.74) is 4.88. The Hall–Kier alpha value is 0.0700. The smallest absolute Gasteiger partial charge is 0.154 e. The van der Waals surface area contributed by atoms with Gasteiger partial charge in [-0.3, -0.25) is 0 Å². The van der Waals surface area contributed by atoms with Crippen LogP contribution in [0.4, 0.5) is 0 Å². The first-order valence-corrected chi connectivity index (χ1v) is 2.82. The summed E-state index contributed by atoms with van der Waals surface area (Å²) in [4.78, 5) is 0. The van der Waals surface area contributed by atoms with Gasteiger partial charge in [-0.25, -0.2) is 4.21 Å². The molecule has 0 radical (unpaired) electrons. The van der Waals surface area contributed by atoms with Crippen LogP contribution >= 0.6 is 0 Å². The summed E-state index contributed by atoms with van der Waals surface area (Å²) in [6.45, 7) is 0.281. The summed E-state index contributed by atoms with van der Waals surface area (Å²) in [7, 11) is 0. The SMILES string of the molecule is NCC[35S](=O)O. The maximum Gasteiger partial charge on any atom is 0.154 e. The van der Waals surface area contributed by atoms with Gasteiger partial charge in [-0.15, -0.1) is 0 Å². The third kappa shape index (κ3) is 4.07. The summed E-state index contributed by atoms with van der Waals surface area (Å²) in [6, 6.07) is 0. The lowest BCUT2D eigenvalue weighted by atomic mass is 10.8.